The molecule has 0 aromatic carbocycles. The average molecular weight is 1380 g/mol. The van der Waals surface area contributed by atoms with Crippen molar-refractivity contribution in [2.75, 3.05) is 39.6 Å². The minimum atomic E-state index is -4.95. The van der Waals surface area contributed by atoms with Crippen molar-refractivity contribution in [3.63, 3.8) is 0 Å². The van der Waals surface area contributed by atoms with E-state index in [9.17, 15) is 43.2 Å². The number of aliphatic hydroxyl groups excluding tert-OH is 1. The summed E-state index contributed by atoms with van der Waals surface area (Å²) in [5.41, 5.74) is 0. The Kier molecular flexibility index (Phi) is 66.8. The van der Waals surface area contributed by atoms with Crippen molar-refractivity contribution in [3.8, 4) is 0 Å². The summed E-state index contributed by atoms with van der Waals surface area (Å²) in [5.74, 6) is -1.39. The molecule has 0 aromatic rings. The van der Waals surface area contributed by atoms with Gasteiger partial charge in [-0.05, 0) is 31.6 Å². The van der Waals surface area contributed by atoms with E-state index in [0.717, 1.165) is 95.8 Å². The van der Waals surface area contributed by atoms with E-state index in [1.807, 2.05) is 0 Å². The Morgan fingerprint density at radius 1 is 0.287 bits per heavy atom. The SMILES string of the molecule is CCCCCCCCCCCCCCCCCC(=O)O[C@H](COC(=O)CCCCCCCCCCCCCCCC)COP(=O)(O)OC[C@@H](O)COP(=O)(O)OC[C@@H](COC(=O)CCCCCCCCCCC(C)C)OC(=O)CCCCCCCCCCCCCCCC. The number of esters is 4. The Morgan fingerprint density at radius 3 is 0.723 bits per heavy atom. The third kappa shape index (κ3) is 68.6. The normalized spacial score (nSPS) is 14.0. The molecular weight excluding hydrogens is 1230 g/mol. The van der Waals surface area contributed by atoms with Gasteiger partial charge in [-0.3, -0.25) is 37.3 Å². The van der Waals surface area contributed by atoms with E-state index in [2.05, 4.69) is 34.6 Å². The molecule has 0 saturated carbocycles. The quantitative estimate of drug-likeness (QED) is 0.0222. The van der Waals surface area contributed by atoms with E-state index in [4.69, 9.17) is 37.0 Å². The number of ether oxygens (including phenoxy) is 4. The van der Waals surface area contributed by atoms with Crippen molar-refractivity contribution in [1.82, 2.24) is 0 Å². The molecule has 0 fully saturated rings. The highest BCUT2D eigenvalue weighted by Crippen LogP contribution is 2.45. The maximum absolute atomic E-state index is 13.1. The van der Waals surface area contributed by atoms with Crippen molar-refractivity contribution >= 4 is 39.5 Å². The van der Waals surface area contributed by atoms with Gasteiger partial charge in [-0.15, -0.1) is 0 Å². The van der Waals surface area contributed by atoms with Gasteiger partial charge in [-0.2, -0.15) is 0 Å². The third-order valence-corrected chi connectivity index (χ3v) is 19.4. The summed E-state index contributed by atoms with van der Waals surface area (Å²) in [5, 5.41) is 10.6. The van der Waals surface area contributed by atoms with Crippen LogP contribution in [0.1, 0.15) is 394 Å². The molecule has 19 heteroatoms. The van der Waals surface area contributed by atoms with Crippen molar-refractivity contribution < 1.29 is 80.2 Å². The molecule has 2 unspecified atom stereocenters. The summed E-state index contributed by atoms with van der Waals surface area (Å²) in [7, 11) is -9.91. The zero-order valence-electron chi connectivity index (χ0n) is 61.1. The Balaban J connectivity index is 5.26. The van der Waals surface area contributed by atoms with Crippen molar-refractivity contribution in [2.45, 2.75) is 412 Å². The molecule has 0 aliphatic carbocycles. The molecule has 0 bridgehead atoms. The van der Waals surface area contributed by atoms with Gasteiger partial charge < -0.3 is 33.8 Å². The highest BCUT2D eigenvalue weighted by molar-refractivity contribution is 7.47. The zero-order valence-corrected chi connectivity index (χ0v) is 62.9. The van der Waals surface area contributed by atoms with Crippen LogP contribution in [0.2, 0.25) is 0 Å². The predicted molar refractivity (Wildman–Crippen MR) is 382 cm³/mol. The van der Waals surface area contributed by atoms with Crippen LogP contribution >= 0.6 is 15.6 Å². The molecule has 0 aromatic heterocycles. The fourth-order valence-corrected chi connectivity index (χ4v) is 13.1. The van der Waals surface area contributed by atoms with Crippen molar-refractivity contribution in [1.29, 1.82) is 0 Å². The molecule has 0 aliphatic rings. The molecule has 0 amide bonds. The smallest absolute Gasteiger partial charge is 0.462 e. The minimum absolute atomic E-state index is 0.108. The number of hydrogen-bond acceptors (Lipinski definition) is 15. The van der Waals surface area contributed by atoms with Gasteiger partial charge >= 0.3 is 39.5 Å². The first-order chi connectivity index (χ1) is 45.5. The first-order valence-electron chi connectivity index (χ1n) is 39.1. The number of unbranched alkanes of at least 4 members (excludes halogenated alkanes) is 47. The molecule has 0 rings (SSSR count). The maximum Gasteiger partial charge on any atom is 0.472 e. The number of carbonyl (C=O) groups is 4. The van der Waals surface area contributed by atoms with E-state index in [0.29, 0.717) is 25.7 Å². The molecule has 0 spiro atoms. The summed E-state index contributed by atoms with van der Waals surface area (Å²) >= 11 is 0. The van der Waals surface area contributed by atoms with Crippen LogP contribution in [-0.4, -0.2) is 96.7 Å². The number of phosphoric ester groups is 2. The fourth-order valence-electron chi connectivity index (χ4n) is 11.5. The van der Waals surface area contributed by atoms with Gasteiger partial charge in [-0.25, -0.2) is 9.13 Å². The van der Waals surface area contributed by atoms with Crippen LogP contribution in [0.25, 0.3) is 0 Å². The van der Waals surface area contributed by atoms with Crippen LogP contribution in [0, 0.1) is 5.92 Å². The number of aliphatic hydroxyl groups is 1. The molecule has 94 heavy (non-hydrogen) atoms. The lowest BCUT2D eigenvalue weighted by molar-refractivity contribution is -0.161. The minimum Gasteiger partial charge on any atom is -0.462 e. The van der Waals surface area contributed by atoms with Crippen LogP contribution < -0.4 is 0 Å². The fraction of sp³-hybridized carbons (Fsp3) is 0.947. The molecule has 0 saturated heterocycles. The molecular formula is C75H146O17P2. The number of rotatable bonds is 75. The van der Waals surface area contributed by atoms with Crippen LogP contribution in [-0.2, 0) is 65.4 Å². The summed E-state index contributed by atoms with van der Waals surface area (Å²) in [6, 6.07) is 0. The second-order valence-corrected chi connectivity index (χ2v) is 30.4. The first kappa shape index (κ1) is 92.1. The number of phosphoric acid groups is 2. The third-order valence-electron chi connectivity index (χ3n) is 17.5. The van der Waals surface area contributed by atoms with E-state index in [1.165, 1.54) is 218 Å². The van der Waals surface area contributed by atoms with Crippen LogP contribution in [0.3, 0.4) is 0 Å². The van der Waals surface area contributed by atoms with Gasteiger partial charge in [-0.1, -0.05) is 343 Å². The molecule has 3 N–H and O–H groups in total. The largest absolute Gasteiger partial charge is 0.472 e. The molecule has 5 atom stereocenters. The van der Waals surface area contributed by atoms with Crippen LogP contribution in [0.4, 0.5) is 0 Å². The zero-order chi connectivity index (χ0) is 69.1. The lowest BCUT2D eigenvalue weighted by atomic mass is 10.0. The molecule has 558 valence electrons. The van der Waals surface area contributed by atoms with Crippen LogP contribution in [0.5, 0.6) is 0 Å². The monoisotopic (exact) mass is 1380 g/mol. The second-order valence-electron chi connectivity index (χ2n) is 27.5. The maximum atomic E-state index is 13.1. The van der Waals surface area contributed by atoms with Gasteiger partial charge in [0.15, 0.2) is 12.2 Å². The average Bonchev–Trinajstić information content (AvgIpc) is 1.35. The van der Waals surface area contributed by atoms with Crippen molar-refractivity contribution in [3.05, 3.63) is 0 Å². The lowest BCUT2D eigenvalue weighted by Crippen LogP contribution is -2.30. The first-order valence-corrected chi connectivity index (χ1v) is 42.1. The molecule has 0 radical (unpaired) electrons. The summed E-state index contributed by atoms with van der Waals surface area (Å²) in [6.45, 7) is 7.26. The van der Waals surface area contributed by atoms with Gasteiger partial charge in [0, 0.05) is 25.7 Å². The topological polar surface area (TPSA) is 237 Å². The van der Waals surface area contributed by atoms with E-state index in [1.54, 1.807) is 0 Å². The van der Waals surface area contributed by atoms with Gasteiger partial charge in [0.05, 0.1) is 26.4 Å². The Bertz CT molecular complexity index is 1810. The Morgan fingerprint density at radius 2 is 0.489 bits per heavy atom. The molecule has 0 aliphatic heterocycles. The van der Waals surface area contributed by atoms with Crippen LogP contribution in [0.15, 0.2) is 0 Å². The Hall–Kier alpha value is -1.94. The van der Waals surface area contributed by atoms with Gasteiger partial charge in [0.25, 0.3) is 0 Å². The summed E-state index contributed by atoms with van der Waals surface area (Å²) < 4.78 is 68.5. The molecule has 0 heterocycles. The predicted octanol–water partition coefficient (Wildman–Crippen LogP) is 22.1. The number of hydrogen-bond donors (Lipinski definition) is 3. The van der Waals surface area contributed by atoms with E-state index < -0.39 is 97.5 Å². The highest BCUT2D eigenvalue weighted by Gasteiger charge is 2.30. The standard InChI is InChI=1S/C75H146O17P2/c1-6-9-12-15-18-21-24-27-30-33-36-39-46-51-56-61-75(80)91-70(64-85-72(77)58-53-48-43-37-34-31-28-25-22-19-16-13-10-7-2)66-89-93(81,82)87-62-69(76)63-88-94(83,84)90-67-71(65-86-73(78)59-54-49-44-41-40-42-47-52-57-68(4)5)92-74(79)60-55-50-45-38-35-32-29-26-23-20-17-14-11-8-3/h68-71,76H,6-67H2,1-5H3,(H,81,82)(H,83,84)/t69-,70-,71-/m1/s1. The Labute approximate surface area is 575 Å². The highest BCUT2D eigenvalue weighted by atomic mass is 31.2. The van der Waals surface area contributed by atoms with Gasteiger partial charge in [0.1, 0.15) is 19.3 Å². The van der Waals surface area contributed by atoms with E-state index in [-0.39, 0.29) is 25.7 Å². The number of carbonyl (C=O) groups excluding carboxylic acids is 4. The second kappa shape index (κ2) is 68.2. The summed E-state index contributed by atoms with van der Waals surface area (Å²) in [6.07, 6.45) is 56.7. The summed E-state index contributed by atoms with van der Waals surface area (Å²) in [4.78, 5) is 72.8. The van der Waals surface area contributed by atoms with Crippen molar-refractivity contribution in [2.24, 2.45) is 5.92 Å². The lowest BCUT2D eigenvalue weighted by Gasteiger charge is -2.21. The van der Waals surface area contributed by atoms with Gasteiger partial charge in [0.2, 0.25) is 0 Å². The van der Waals surface area contributed by atoms with E-state index >= 15 is 0 Å². The molecule has 17 nitrogen and oxygen atoms in total.